The lowest BCUT2D eigenvalue weighted by Crippen LogP contribution is -2.15. The van der Waals surface area contributed by atoms with Crippen molar-refractivity contribution in [3.8, 4) is 5.75 Å². The largest absolute Gasteiger partial charge is 0.422 e. The third-order valence-electron chi connectivity index (χ3n) is 3.73. The number of hydrogen-bond acceptors (Lipinski definition) is 6. The Balaban J connectivity index is 1.97. The molecule has 2 aromatic carbocycles. The Hall–Kier alpha value is -3.68. The second kappa shape index (κ2) is 7.06. The van der Waals surface area contributed by atoms with Gasteiger partial charge in [0.1, 0.15) is 11.4 Å². The van der Waals surface area contributed by atoms with E-state index in [4.69, 9.17) is 4.74 Å². The number of hydrogen-bond donors (Lipinski definition) is 1. The van der Waals surface area contributed by atoms with Crippen LogP contribution in [0, 0.1) is 17.0 Å². The van der Waals surface area contributed by atoms with E-state index in [0.29, 0.717) is 17.1 Å². The molecule has 8 heteroatoms. The van der Waals surface area contributed by atoms with Crippen molar-refractivity contribution in [2.24, 2.45) is 7.05 Å². The van der Waals surface area contributed by atoms with Crippen molar-refractivity contribution in [3.05, 3.63) is 76.1 Å². The molecule has 0 bridgehead atoms. The number of aryl methyl sites for hydroxylation is 2. The van der Waals surface area contributed by atoms with E-state index in [1.54, 1.807) is 56.4 Å². The second-order valence-electron chi connectivity index (χ2n) is 5.53. The maximum absolute atomic E-state index is 12.6. The molecule has 0 aliphatic rings. The van der Waals surface area contributed by atoms with Crippen molar-refractivity contribution in [3.63, 3.8) is 0 Å². The molecule has 132 valence electrons. The van der Waals surface area contributed by atoms with Gasteiger partial charge in [0.2, 0.25) is 0 Å². The number of ether oxygens (including phenoxy) is 1. The van der Waals surface area contributed by atoms with Crippen LogP contribution in [0.3, 0.4) is 0 Å². The molecular weight excluding hydrogens is 336 g/mol. The van der Waals surface area contributed by atoms with Crippen LogP contribution < -0.4 is 10.1 Å². The van der Waals surface area contributed by atoms with Gasteiger partial charge in [0.25, 0.3) is 5.69 Å². The summed E-state index contributed by atoms with van der Waals surface area (Å²) in [6.07, 6.45) is 0. The van der Waals surface area contributed by atoms with E-state index in [0.717, 1.165) is 0 Å². The second-order valence-corrected chi connectivity index (χ2v) is 5.53. The molecule has 0 radical (unpaired) electrons. The zero-order chi connectivity index (χ0) is 18.7. The summed E-state index contributed by atoms with van der Waals surface area (Å²) in [6, 6.07) is 14.8. The summed E-state index contributed by atoms with van der Waals surface area (Å²) >= 11 is 0. The number of carbonyl (C=O) groups excluding carboxylic acids is 1. The molecule has 1 aromatic heterocycles. The molecule has 1 heterocycles. The standard InChI is InChI=1S/C18H16N4O4/c1-12-16(19-14-10-6-7-11-15(14)22(24)25)17(21(2)20-12)18(23)26-13-8-4-3-5-9-13/h3-11,19H,1-2H3. The average molecular weight is 352 g/mol. The number of nitrogens with zero attached hydrogens (tertiary/aromatic N) is 3. The zero-order valence-corrected chi connectivity index (χ0v) is 14.2. The predicted molar refractivity (Wildman–Crippen MR) is 95.7 cm³/mol. The van der Waals surface area contributed by atoms with Gasteiger partial charge >= 0.3 is 5.97 Å². The van der Waals surface area contributed by atoms with Gasteiger partial charge < -0.3 is 10.1 Å². The number of rotatable bonds is 5. The van der Waals surface area contributed by atoms with Crippen molar-refractivity contribution in [1.29, 1.82) is 0 Å². The Morgan fingerprint density at radius 3 is 2.50 bits per heavy atom. The highest BCUT2D eigenvalue weighted by Crippen LogP contribution is 2.31. The van der Waals surface area contributed by atoms with Crippen molar-refractivity contribution in [2.45, 2.75) is 6.92 Å². The molecule has 0 saturated heterocycles. The summed E-state index contributed by atoms with van der Waals surface area (Å²) < 4.78 is 6.76. The molecule has 0 saturated carbocycles. The van der Waals surface area contributed by atoms with Crippen LogP contribution in [-0.4, -0.2) is 20.7 Å². The Morgan fingerprint density at radius 1 is 1.15 bits per heavy atom. The zero-order valence-electron chi connectivity index (χ0n) is 14.2. The fourth-order valence-corrected chi connectivity index (χ4v) is 2.56. The number of nitro benzene ring substituents is 1. The molecule has 8 nitrogen and oxygen atoms in total. The van der Waals surface area contributed by atoms with Gasteiger partial charge in [-0.3, -0.25) is 14.8 Å². The maximum atomic E-state index is 12.6. The first-order valence-corrected chi connectivity index (χ1v) is 7.78. The van der Waals surface area contributed by atoms with Gasteiger partial charge in [-0.15, -0.1) is 0 Å². The van der Waals surface area contributed by atoms with E-state index < -0.39 is 10.9 Å². The smallest absolute Gasteiger partial charge is 0.364 e. The molecule has 0 spiro atoms. The minimum absolute atomic E-state index is 0.0990. The van der Waals surface area contributed by atoms with Gasteiger partial charge in [-0.25, -0.2) is 4.79 Å². The highest BCUT2D eigenvalue weighted by atomic mass is 16.6. The number of anilines is 2. The topological polar surface area (TPSA) is 99.3 Å². The van der Waals surface area contributed by atoms with Gasteiger partial charge in [-0.2, -0.15) is 5.10 Å². The minimum atomic E-state index is -0.611. The van der Waals surface area contributed by atoms with Gasteiger partial charge in [0, 0.05) is 13.1 Å². The van der Waals surface area contributed by atoms with Crippen LogP contribution in [0.1, 0.15) is 16.2 Å². The summed E-state index contributed by atoms with van der Waals surface area (Å²) in [4.78, 5) is 23.3. The van der Waals surface area contributed by atoms with Gasteiger partial charge in [0.15, 0.2) is 5.69 Å². The molecule has 0 atom stereocenters. The first kappa shape index (κ1) is 17.2. The van der Waals surface area contributed by atoms with Crippen LogP contribution in [0.25, 0.3) is 0 Å². The van der Waals surface area contributed by atoms with Crippen molar-refractivity contribution < 1.29 is 14.5 Å². The van der Waals surface area contributed by atoms with Crippen LogP contribution in [0.15, 0.2) is 54.6 Å². The molecule has 0 aliphatic carbocycles. The highest BCUT2D eigenvalue weighted by molar-refractivity contribution is 5.97. The van der Waals surface area contributed by atoms with E-state index >= 15 is 0 Å². The van der Waals surface area contributed by atoms with Crippen LogP contribution in [0.2, 0.25) is 0 Å². The van der Waals surface area contributed by atoms with Crippen LogP contribution in [0.4, 0.5) is 17.1 Å². The normalized spacial score (nSPS) is 10.4. The molecule has 0 fully saturated rings. The minimum Gasteiger partial charge on any atom is -0.422 e. The molecule has 1 N–H and O–H groups in total. The predicted octanol–water partition coefficient (Wildman–Crippen LogP) is 3.60. The van der Waals surface area contributed by atoms with Gasteiger partial charge in [-0.05, 0) is 25.1 Å². The lowest BCUT2D eigenvalue weighted by Gasteiger charge is -2.10. The Kier molecular flexibility index (Phi) is 4.66. The average Bonchev–Trinajstić information content (AvgIpc) is 2.89. The lowest BCUT2D eigenvalue weighted by atomic mass is 10.2. The van der Waals surface area contributed by atoms with Crippen LogP contribution >= 0.6 is 0 Å². The number of carbonyl (C=O) groups is 1. The van der Waals surface area contributed by atoms with E-state index in [1.165, 1.54) is 10.7 Å². The van der Waals surface area contributed by atoms with E-state index in [9.17, 15) is 14.9 Å². The third kappa shape index (κ3) is 3.39. The van der Waals surface area contributed by atoms with Crippen molar-refractivity contribution >= 4 is 23.0 Å². The van der Waals surface area contributed by atoms with Gasteiger partial charge in [0.05, 0.1) is 16.3 Å². The third-order valence-corrected chi connectivity index (χ3v) is 3.73. The molecule has 0 aliphatic heterocycles. The molecule has 0 amide bonds. The van der Waals surface area contributed by atoms with E-state index in [1.807, 2.05) is 6.07 Å². The van der Waals surface area contributed by atoms with Crippen LogP contribution in [-0.2, 0) is 7.05 Å². The maximum Gasteiger partial charge on any atom is 0.364 e. The first-order chi connectivity index (χ1) is 12.5. The first-order valence-electron chi connectivity index (χ1n) is 7.78. The number of esters is 1. The summed E-state index contributed by atoms with van der Waals surface area (Å²) in [5, 5.41) is 18.4. The molecular formula is C18H16N4O4. The quantitative estimate of drug-likeness (QED) is 0.326. The molecule has 0 unspecified atom stereocenters. The summed E-state index contributed by atoms with van der Waals surface area (Å²) in [5.74, 6) is -0.214. The Morgan fingerprint density at radius 2 is 1.81 bits per heavy atom. The van der Waals surface area contributed by atoms with Gasteiger partial charge in [-0.1, -0.05) is 30.3 Å². The van der Waals surface area contributed by atoms with Crippen molar-refractivity contribution in [1.82, 2.24) is 9.78 Å². The fourth-order valence-electron chi connectivity index (χ4n) is 2.56. The lowest BCUT2D eigenvalue weighted by molar-refractivity contribution is -0.383. The number of aromatic nitrogens is 2. The monoisotopic (exact) mass is 352 g/mol. The number of benzene rings is 2. The summed E-state index contributed by atoms with van der Waals surface area (Å²) in [7, 11) is 1.61. The Bertz CT molecular complexity index is 967. The fraction of sp³-hybridized carbons (Fsp3) is 0.111. The molecule has 26 heavy (non-hydrogen) atoms. The van der Waals surface area contributed by atoms with E-state index in [2.05, 4.69) is 10.4 Å². The number of nitrogens with one attached hydrogen (secondary N) is 1. The Labute approximate surface area is 149 Å². The summed E-state index contributed by atoms with van der Waals surface area (Å²) in [5.41, 5.74) is 1.22. The van der Waals surface area contributed by atoms with Crippen molar-refractivity contribution in [2.75, 3.05) is 5.32 Å². The van der Waals surface area contributed by atoms with E-state index in [-0.39, 0.29) is 17.1 Å². The SMILES string of the molecule is Cc1nn(C)c(C(=O)Oc2ccccc2)c1Nc1ccccc1[N+](=O)[O-]. The number of para-hydroxylation sites is 3. The summed E-state index contributed by atoms with van der Waals surface area (Å²) in [6.45, 7) is 1.70. The number of nitro groups is 1. The highest BCUT2D eigenvalue weighted by Gasteiger charge is 2.24. The molecule has 3 rings (SSSR count). The van der Waals surface area contributed by atoms with Crippen LogP contribution in [0.5, 0.6) is 5.75 Å². The molecule has 3 aromatic rings.